The maximum atomic E-state index is 13.1. The van der Waals surface area contributed by atoms with Gasteiger partial charge in [0.15, 0.2) is 5.78 Å². The van der Waals surface area contributed by atoms with Crippen LogP contribution in [0.5, 0.6) is 5.75 Å². The zero-order valence-electron chi connectivity index (χ0n) is 15.8. The lowest BCUT2D eigenvalue weighted by Crippen LogP contribution is -2.19. The normalized spacial score (nSPS) is 11.9. The number of phenols is 1. The van der Waals surface area contributed by atoms with Gasteiger partial charge in [-0.15, -0.1) is 0 Å². The van der Waals surface area contributed by atoms with Crippen molar-refractivity contribution >= 4 is 5.78 Å². The van der Waals surface area contributed by atoms with Crippen molar-refractivity contribution in [1.82, 2.24) is 0 Å². The molecule has 0 bridgehead atoms. The number of hydrogen-bond donors (Lipinski definition) is 1. The number of nitrogens with zero attached hydrogens (tertiary/aromatic N) is 1. The summed E-state index contributed by atoms with van der Waals surface area (Å²) in [6.45, 7) is 12.0. The monoisotopic (exact) mass is 335 g/mol. The van der Waals surface area contributed by atoms with Crippen LogP contribution in [0, 0.1) is 11.3 Å². The zero-order valence-corrected chi connectivity index (χ0v) is 15.8. The van der Waals surface area contributed by atoms with E-state index in [0.717, 1.165) is 11.1 Å². The number of phenolic OH excluding ortho intramolecular Hbond substituents is 1. The van der Waals surface area contributed by atoms with Crippen LogP contribution in [0.25, 0.3) is 0 Å². The molecule has 1 N–H and O–H groups in total. The molecule has 0 saturated heterocycles. The van der Waals surface area contributed by atoms with E-state index in [1.165, 1.54) is 0 Å². The molecule has 0 spiro atoms. The van der Waals surface area contributed by atoms with Crippen LogP contribution in [0.4, 0.5) is 0 Å². The molecule has 0 aromatic heterocycles. The van der Waals surface area contributed by atoms with Gasteiger partial charge in [0, 0.05) is 22.3 Å². The summed E-state index contributed by atoms with van der Waals surface area (Å²) >= 11 is 0. The third-order valence-corrected chi connectivity index (χ3v) is 4.28. The fraction of sp³-hybridized carbons (Fsp3) is 0.364. The zero-order chi connectivity index (χ0) is 19.0. The van der Waals surface area contributed by atoms with E-state index in [2.05, 4.69) is 6.07 Å². The molecule has 3 nitrogen and oxygen atoms in total. The minimum Gasteiger partial charge on any atom is -0.507 e. The van der Waals surface area contributed by atoms with E-state index in [1.54, 1.807) is 36.4 Å². The second-order valence-corrected chi connectivity index (χ2v) is 8.41. The highest BCUT2D eigenvalue weighted by atomic mass is 16.3. The Hall–Kier alpha value is -2.60. The molecule has 2 rings (SSSR count). The third-order valence-electron chi connectivity index (χ3n) is 4.28. The first-order chi connectivity index (χ1) is 11.5. The molecule has 2 aromatic rings. The average Bonchev–Trinajstić information content (AvgIpc) is 2.52. The summed E-state index contributed by atoms with van der Waals surface area (Å²) in [5, 5.41) is 20.1. The van der Waals surface area contributed by atoms with Crippen molar-refractivity contribution in [3.05, 3.63) is 64.2 Å². The maximum Gasteiger partial charge on any atom is 0.194 e. The highest BCUT2D eigenvalue weighted by Gasteiger charge is 2.28. The van der Waals surface area contributed by atoms with Crippen molar-refractivity contribution in [2.45, 2.75) is 52.4 Å². The molecule has 0 saturated carbocycles. The van der Waals surface area contributed by atoms with E-state index in [-0.39, 0.29) is 22.4 Å². The van der Waals surface area contributed by atoms with Crippen molar-refractivity contribution < 1.29 is 9.90 Å². The summed E-state index contributed by atoms with van der Waals surface area (Å²) in [5.74, 6) is 0.0401. The van der Waals surface area contributed by atoms with Crippen molar-refractivity contribution in [2.75, 3.05) is 0 Å². The van der Waals surface area contributed by atoms with E-state index in [4.69, 9.17) is 0 Å². The average molecular weight is 335 g/mol. The van der Waals surface area contributed by atoms with Crippen LogP contribution in [0.15, 0.2) is 36.4 Å². The van der Waals surface area contributed by atoms with Crippen LogP contribution in [-0.2, 0) is 10.8 Å². The van der Waals surface area contributed by atoms with E-state index < -0.39 is 0 Å². The van der Waals surface area contributed by atoms with Crippen LogP contribution in [0.1, 0.15) is 74.2 Å². The third kappa shape index (κ3) is 3.74. The smallest absolute Gasteiger partial charge is 0.194 e. The molecule has 0 aliphatic carbocycles. The predicted molar refractivity (Wildman–Crippen MR) is 100 cm³/mol. The summed E-state index contributed by atoms with van der Waals surface area (Å²) in [6.07, 6.45) is 0. The molecule has 0 heterocycles. The highest BCUT2D eigenvalue weighted by molar-refractivity contribution is 6.10. The van der Waals surface area contributed by atoms with Gasteiger partial charge in [0.05, 0.1) is 11.6 Å². The first-order valence-electron chi connectivity index (χ1n) is 8.38. The molecule has 0 aliphatic heterocycles. The molecule has 0 atom stereocenters. The number of ketones is 1. The summed E-state index contributed by atoms with van der Waals surface area (Å²) in [4.78, 5) is 13.1. The molecule has 0 aliphatic rings. The van der Waals surface area contributed by atoms with Crippen LogP contribution in [-0.4, -0.2) is 10.9 Å². The molecule has 0 amide bonds. The summed E-state index contributed by atoms with van der Waals surface area (Å²) in [6, 6.07) is 12.4. The van der Waals surface area contributed by atoms with Crippen LogP contribution >= 0.6 is 0 Å². The second-order valence-electron chi connectivity index (χ2n) is 8.41. The van der Waals surface area contributed by atoms with Crippen molar-refractivity contribution in [3.63, 3.8) is 0 Å². The Morgan fingerprint density at radius 1 is 0.960 bits per heavy atom. The number of aromatic hydroxyl groups is 1. The molecule has 2 aromatic carbocycles. The largest absolute Gasteiger partial charge is 0.507 e. The summed E-state index contributed by atoms with van der Waals surface area (Å²) in [7, 11) is 0. The molecular weight excluding hydrogens is 310 g/mol. The van der Waals surface area contributed by atoms with Gasteiger partial charge in [0.25, 0.3) is 0 Å². The fourth-order valence-electron chi connectivity index (χ4n) is 2.84. The lowest BCUT2D eigenvalue weighted by Gasteiger charge is -2.28. The van der Waals surface area contributed by atoms with Gasteiger partial charge in [-0.25, -0.2) is 0 Å². The van der Waals surface area contributed by atoms with Gasteiger partial charge in [-0.1, -0.05) is 53.7 Å². The first kappa shape index (κ1) is 18.7. The number of carbonyl (C=O) groups is 1. The van der Waals surface area contributed by atoms with E-state index >= 15 is 0 Å². The van der Waals surface area contributed by atoms with E-state index in [1.807, 2.05) is 41.5 Å². The Morgan fingerprint density at radius 2 is 1.44 bits per heavy atom. The minimum atomic E-state index is -0.310. The molecule has 25 heavy (non-hydrogen) atoms. The quantitative estimate of drug-likeness (QED) is 0.778. The van der Waals surface area contributed by atoms with Crippen molar-refractivity contribution in [1.29, 1.82) is 5.26 Å². The molecule has 130 valence electrons. The first-order valence-corrected chi connectivity index (χ1v) is 8.38. The van der Waals surface area contributed by atoms with Crippen LogP contribution in [0.3, 0.4) is 0 Å². The highest BCUT2D eigenvalue weighted by Crippen LogP contribution is 2.40. The minimum absolute atomic E-state index is 0.201. The number of rotatable bonds is 2. The van der Waals surface area contributed by atoms with Gasteiger partial charge in [-0.2, -0.15) is 5.26 Å². The Kier molecular flexibility index (Phi) is 4.77. The Labute approximate surface area is 149 Å². The molecular formula is C22H25NO2. The number of nitriles is 1. The van der Waals surface area contributed by atoms with Crippen LogP contribution in [0.2, 0.25) is 0 Å². The molecule has 3 heteroatoms. The van der Waals surface area contributed by atoms with Crippen molar-refractivity contribution in [3.8, 4) is 11.8 Å². The summed E-state index contributed by atoms with van der Waals surface area (Å²) in [5.41, 5.74) is 2.08. The van der Waals surface area contributed by atoms with Crippen LogP contribution < -0.4 is 0 Å². The molecule has 0 fully saturated rings. The Morgan fingerprint density at radius 3 is 1.88 bits per heavy atom. The van der Waals surface area contributed by atoms with Gasteiger partial charge >= 0.3 is 0 Å². The second kappa shape index (κ2) is 6.37. The van der Waals surface area contributed by atoms with Gasteiger partial charge in [-0.3, -0.25) is 4.79 Å². The standard InChI is InChI=1S/C22H25NO2/c1-21(2,3)17-11-15(12-18(20(17)25)22(4,5)6)19(24)16-10-8-7-9-14(16)13-23/h7-12,25H,1-6H3. The predicted octanol–water partition coefficient (Wildman–Crippen LogP) is 5.09. The number of hydrogen-bond acceptors (Lipinski definition) is 3. The van der Waals surface area contributed by atoms with E-state index in [0.29, 0.717) is 16.7 Å². The van der Waals surface area contributed by atoms with Crippen molar-refractivity contribution in [2.24, 2.45) is 0 Å². The van der Waals surface area contributed by atoms with Gasteiger partial charge in [-0.05, 0) is 35.1 Å². The topological polar surface area (TPSA) is 61.1 Å². The Bertz CT molecular complexity index is 824. The van der Waals surface area contributed by atoms with Gasteiger partial charge in [0.2, 0.25) is 0 Å². The fourth-order valence-corrected chi connectivity index (χ4v) is 2.84. The lowest BCUT2D eigenvalue weighted by molar-refractivity contribution is 0.103. The van der Waals surface area contributed by atoms with Gasteiger partial charge < -0.3 is 5.11 Å². The SMILES string of the molecule is CC(C)(C)c1cc(C(=O)c2ccccc2C#N)cc(C(C)(C)C)c1O. The summed E-state index contributed by atoms with van der Waals surface area (Å²) < 4.78 is 0. The number of carbonyl (C=O) groups excluding carboxylic acids is 1. The Balaban J connectivity index is 2.74. The van der Waals surface area contributed by atoms with E-state index in [9.17, 15) is 15.2 Å². The lowest BCUT2D eigenvalue weighted by atomic mass is 9.77. The molecule has 0 unspecified atom stereocenters. The maximum absolute atomic E-state index is 13.1. The van der Waals surface area contributed by atoms with Gasteiger partial charge in [0.1, 0.15) is 5.75 Å². The molecule has 0 radical (unpaired) electrons. The number of benzene rings is 2.